The summed E-state index contributed by atoms with van der Waals surface area (Å²) in [6, 6.07) is 0. The maximum absolute atomic E-state index is 9.97. The molecule has 0 rings (SSSR count). The Bertz CT molecular complexity index is 189. The van der Waals surface area contributed by atoms with Gasteiger partial charge in [0.1, 0.15) is 6.29 Å². The van der Waals surface area contributed by atoms with Crippen molar-refractivity contribution < 1.29 is 14.7 Å². The lowest BCUT2D eigenvalue weighted by molar-refractivity contribution is -0.131. The molecule has 0 bridgehead atoms. The van der Waals surface area contributed by atoms with Crippen molar-refractivity contribution in [1.82, 2.24) is 0 Å². The molecular formula is C7H8O3. The molecule has 0 saturated heterocycles. The Kier molecular flexibility index (Phi) is 3.87. The topological polar surface area (TPSA) is 54.4 Å². The van der Waals surface area contributed by atoms with Crippen molar-refractivity contribution in [2.75, 3.05) is 0 Å². The highest BCUT2D eigenvalue weighted by Crippen LogP contribution is 1.92. The van der Waals surface area contributed by atoms with Gasteiger partial charge in [-0.3, -0.25) is 4.79 Å². The summed E-state index contributed by atoms with van der Waals surface area (Å²) in [5.74, 6) is -1.01. The van der Waals surface area contributed by atoms with E-state index in [0.717, 1.165) is 6.08 Å². The number of carboxylic acids is 1. The first-order chi connectivity index (χ1) is 4.66. The van der Waals surface area contributed by atoms with E-state index in [1.54, 1.807) is 6.92 Å². The van der Waals surface area contributed by atoms with Crippen LogP contribution in [0.5, 0.6) is 0 Å². The van der Waals surface area contributed by atoms with Gasteiger partial charge in [0.15, 0.2) is 0 Å². The van der Waals surface area contributed by atoms with Gasteiger partial charge in [-0.05, 0) is 18.6 Å². The summed E-state index contributed by atoms with van der Waals surface area (Å²) >= 11 is 0. The standard InChI is InChI=1S/C7H8O3/c1-6(3-2-4-8)5-7(9)10/h2-5H,1H3,(H,9,10)/b3-2+,6-5+. The van der Waals surface area contributed by atoms with E-state index in [9.17, 15) is 9.59 Å². The molecule has 0 aromatic rings. The van der Waals surface area contributed by atoms with Gasteiger partial charge in [-0.25, -0.2) is 4.79 Å². The summed E-state index contributed by atoms with van der Waals surface area (Å²) in [4.78, 5) is 19.7. The first kappa shape index (κ1) is 8.62. The van der Waals surface area contributed by atoms with Crippen LogP contribution >= 0.6 is 0 Å². The molecule has 3 nitrogen and oxygen atoms in total. The number of hydrogen-bond acceptors (Lipinski definition) is 2. The molecule has 0 saturated carbocycles. The summed E-state index contributed by atoms with van der Waals surface area (Å²) in [5, 5.41) is 8.18. The van der Waals surface area contributed by atoms with Gasteiger partial charge < -0.3 is 5.11 Å². The molecule has 0 spiro atoms. The highest BCUT2D eigenvalue weighted by atomic mass is 16.4. The molecule has 0 aromatic heterocycles. The number of carbonyl (C=O) groups excluding carboxylic acids is 1. The molecular weight excluding hydrogens is 132 g/mol. The van der Waals surface area contributed by atoms with Crippen molar-refractivity contribution in [2.24, 2.45) is 0 Å². The molecule has 0 radical (unpaired) electrons. The van der Waals surface area contributed by atoms with Crippen molar-refractivity contribution in [2.45, 2.75) is 6.92 Å². The van der Waals surface area contributed by atoms with Crippen molar-refractivity contribution in [1.29, 1.82) is 0 Å². The van der Waals surface area contributed by atoms with Crippen LogP contribution in [0.4, 0.5) is 0 Å². The zero-order valence-corrected chi connectivity index (χ0v) is 5.57. The molecule has 0 aliphatic heterocycles. The second-order valence-corrected chi connectivity index (χ2v) is 1.72. The molecule has 0 amide bonds. The predicted molar refractivity (Wildman–Crippen MR) is 36.6 cm³/mol. The minimum Gasteiger partial charge on any atom is -0.478 e. The van der Waals surface area contributed by atoms with Crippen molar-refractivity contribution in [3.8, 4) is 0 Å². The van der Waals surface area contributed by atoms with Gasteiger partial charge in [-0.1, -0.05) is 6.08 Å². The predicted octanol–water partition coefficient (Wildman–Crippen LogP) is 0.772. The number of rotatable bonds is 3. The molecule has 0 aliphatic carbocycles. The summed E-state index contributed by atoms with van der Waals surface area (Å²) < 4.78 is 0. The molecule has 3 heteroatoms. The lowest BCUT2D eigenvalue weighted by atomic mass is 10.2. The van der Waals surface area contributed by atoms with Crippen molar-refractivity contribution in [3.63, 3.8) is 0 Å². The monoisotopic (exact) mass is 140 g/mol. The fourth-order valence-corrected chi connectivity index (χ4v) is 0.434. The van der Waals surface area contributed by atoms with Crippen LogP contribution in [0.2, 0.25) is 0 Å². The molecule has 10 heavy (non-hydrogen) atoms. The zero-order valence-electron chi connectivity index (χ0n) is 5.57. The van der Waals surface area contributed by atoms with Crippen LogP contribution in [0.3, 0.4) is 0 Å². The molecule has 1 N–H and O–H groups in total. The van der Waals surface area contributed by atoms with Crippen molar-refractivity contribution >= 4 is 12.3 Å². The van der Waals surface area contributed by atoms with E-state index < -0.39 is 5.97 Å². The van der Waals surface area contributed by atoms with Gasteiger partial charge in [0.2, 0.25) is 0 Å². The lowest BCUT2D eigenvalue weighted by Crippen LogP contribution is -1.87. The normalized spacial score (nSPS) is 11.9. The van der Waals surface area contributed by atoms with E-state index in [1.807, 2.05) is 0 Å². The van der Waals surface area contributed by atoms with E-state index in [-0.39, 0.29) is 0 Å². The summed E-state index contributed by atoms with van der Waals surface area (Å²) in [7, 11) is 0. The molecule has 54 valence electrons. The van der Waals surface area contributed by atoms with Crippen molar-refractivity contribution in [3.05, 3.63) is 23.8 Å². The second-order valence-electron chi connectivity index (χ2n) is 1.72. The van der Waals surface area contributed by atoms with Gasteiger partial charge in [0.25, 0.3) is 0 Å². The quantitative estimate of drug-likeness (QED) is 0.358. The Morgan fingerprint density at radius 1 is 1.50 bits per heavy atom. The van der Waals surface area contributed by atoms with E-state index in [2.05, 4.69) is 0 Å². The van der Waals surface area contributed by atoms with Crippen LogP contribution in [0, 0.1) is 0 Å². The minimum absolute atomic E-state index is 0.541. The van der Waals surface area contributed by atoms with Gasteiger partial charge in [-0.2, -0.15) is 0 Å². The first-order valence-corrected chi connectivity index (χ1v) is 2.70. The molecule has 0 aromatic carbocycles. The Morgan fingerprint density at radius 3 is 2.50 bits per heavy atom. The average molecular weight is 140 g/mol. The third kappa shape index (κ3) is 4.77. The Balaban J connectivity index is 4.06. The maximum atomic E-state index is 9.97. The van der Waals surface area contributed by atoms with Crippen LogP contribution in [0.25, 0.3) is 0 Å². The highest BCUT2D eigenvalue weighted by Gasteiger charge is 1.87. The summed E-state index contributed by atoms with van der Waals surface area (Å²) in [6.07, 6.45) is 4.30. The van der Waals surface area contributed by atoms with Crippen LogP contribution in [-0.4, -0.2) is 17.4 Å². The van der Waals surface area contributed by atoms with Crippen LogP contribution in [0.15, 0.2) is 23.8 Å². The van der Waals surface area contributed by atoms with Gasteiger partial charge in [0, 0.05) is 6.08 Å². The van der Waals surface area contributed by atoms with Gasteiger partial charge >= 0.3 is 5.97 Å². The van der Waals surface area contributed by atoms with E-state index in [1.165, 1.54) is 12.2 Å². The van der Waals surface area contributed by atoms with Crippen LogP contribution in [0.1, 0.15) is 6.92 Å². The minimum atomic E-state index is -1.01. The third-order valence-corrected chi connectivity index (χ3v) is 0.789. The Hall–Kier alpha value is -1.38. The van der Waals surface area contributed by atoms with Crippen LogP contribution < -0.4 is 0 Å². The highest BCUT2D eigenvalue weighted by molar-refractivity contribution is 5.81. The van der Waals surface area contributed by atoms with E-state index >= 15 is 0 Å². The second kappa shape index (κ2) is 4.49. The van der Waals surface area contributed by atoms with E-state index in [4.69, 9.17) is 5.11 Å². The zero-order chi connectivity index (χ0) is 7.98. The third-order valence-electron chi connectivity index (χ3n) is 0.789. The smallest absolute Gasteiger partial charge is 0.328 e. The number of aldehydes is 1. The Morgan fingerprint density at radius 2 is 2.10 bits per heavy atom. The fraction of sp³-hybridized carbons (Fsp3) is 0.143. The molecule has 0 atom stereocenters. The molecule has 0 unspecified atom stereocenters. The molecule has 0 aliphatic rings. The lowest BCUT2D eigenvalue weighted by Gasteiger charge is -1.84. The number of aliphatic carboxylic acids is 1. The van der Waals surface area contributed by atoms with Gasteiger partial charge in [-0.15, -0.1) is 0 Å². The SMILES string of the molecule is CC(/C=C/C=O)=C\C(=O)O. The van der Waals surface area contributed by atoms with Gasteiger partial charge in [0.05, 0.1) is 0 Å². The molecule has 0 fully saturated rings. The summed E-state index contributed by atoms with van der Waals surface area (Å²) in [5.41, 5.74) is 0.541. The van der Waals surface area contributed by atoms with E-state index in [0.29, 0.717) is 11.9 Å². The molecule has 0 heterocycles. The number of carboxylic acid groups (broad SMARTS) is 1. The average Bonchev–Trinajstić information content (AvgIpc) is 1.82. The number of allylic oxidation sites excluding steroid dienone is 3. The Labute approximate surface area is 58.7 Å². The first-order valence-electron chi connectivity index (χ1n) is 2.70. The number of carbonyl (C=O) groups is 2. The summed E-state index contributed by atoms with van der Waals surface area (Å²) in [6.45, 7) is 1.61. The van der Waals surface area contributed by atoms with Crippen LogP contribution in [-0.2, 0) is 9.59 Å². The largest absolute Gasteiger partial charge is 0.478 e. The fourth-order valence-electron chi connectivity index (χ4n) is 0.434. The maximum Gasteiger partial charge on any atom is 0.328 e. The number of hydrogen-bond donors (Lipinski definition) is 1.